The van der Waals surface area contributed by atoms with Gasteiger partial charge in [0.15, 0.2) is 19.8 Å². The van der Waals surface area contributed by atoms with Gasteiger partial charge in [-0.2, -0.15) is 0 Å². The molecule has 0 bridgehead atoms. The molecule has 0 aromatic carbocycles. The third kappa shape index (κ3) is 0.883. The Morgan fingerprint density at radius 3 is 2.33 bits per heavy atom. The van der Waals surface area contributed by atoms with Crippen molar-refractivity contribution in [3.63, 3.8) is 0 Å². The van der Waals surface area contributed by atoms with Crippen LogP contribution in [0.1, 0.15) is 0 Å². The van der Waals surface area contributed by atoms with Gasteiger partial charge in [0.1, 0.15) is 0 Å². The minimum Gasteiger partial charge on any atom is -0.149 e. The van der Waals surface area contributed by atoms with Gasteiger partial charge in [0.05, 0.1) is 0 Å². The van der Waals surface area contributed by atoms with Gasteiger partial charge in [0, 0.05) is 0 Å². The largest absolute Gasteiger partial charge is 0.175 e. The van der Waals surface area contributed by atoms with Crippen LogP contribution in [-0.2, 0) is 0 Å². The van der Waals surface area contributed by atoms with Crippen LogP contribution in [0.4, 0.5) is 0 Å². The first-order valence-electron chi connectivity index (χ1n) is 1.48. The Hall–Kier alpha value is 0.774. The first-order valence-corrected chi connectivity index (χ1v) is 7.12. The number of rotatable bonds is 0. The highest BCUT2D eigenvalue weighted by Gasteiger charge is 1.86. The van der Waals surface area contributed by atoms with Gasteiger partial charge in [-0.05, 0) is 11.1 Å². The third-order valence-corrected chi connectivity index (χ3v) is 8.64. The Morgan fingerprint density at radius 1 is 1.83 bits per heavy atom. The molecule has 0 aliphatic heterocycles. The Labute approximate surface area is 45.6 Å². The summed E-state index contributed by atoms with van der Waals surface area (Å²) >= 11 is 0. The van der Waals surface area contributed by atoms with Crippen molar-refractivity contribution in [3.8, 4) is 0 Å². The molecule has 1 aromatic heterocycles. The highest BCUT2D eigenvalue weighted by atomic mass is 31.4. The summed E-state index contributed by atoms with van der Waals surface area (Å²) in [4.78, 5) is 0. The summed E-state index contributed by atoms with van der Waals surface area (Å²) < 4.78 is 0. The van der Waals surface area contributed by atoms with Crippen LogP contribution in [0.3, 0.4) is 0 Å². The van der Waals surface area contributed by atoms with E-state index in [0.29, 0.717) is 0 Å². The summed E-state index contributed by atoms with van der Waals surface area (Å²) in [6, 6.07) is 0. The fourth-order valence-electron chi connectivity index (χ4n) is 0.258. The van der Waals surface area contributed by atoms with Crippen molar-refractivity contribution < 1.29 is 0 Å². The summed E-state index contributed by atoms with van der Waals surface area (Å²) in [5, 5.41) is 0. The van der Waals surface area contributed by atoms with E-state index in [2.05, 4.69) is 30.9 Å². The van der Waals surface area contributed by atoms with Gasteiger partial charge in [-0.25, -0.2) is 0 Å². The normalized spacial score (nSPS) is 15.7. The van der Waals surface area contributed by atoms with Crippen LogP contribution in [0, 0.1) is 0 Å². The van der Waals surface area contributed by atoms with E-state index < -0.39 is 0 Å². The van der Waals surface area contributed by atoms with Gasteiger partial charge < -0.3 is 0 Å². The predicted molar refractivity (Wildman–Crippen MR) is 34.2 cm³/mol. The maximum atomic E-state index is 3.48. The molecule has 28 valence electrons. The second-order valence-corrected chi connectivity index (χ2v) is 7.62. The molecule has 0 fully saturated rings. The molecular formula is C2H2P2Si2. The topological polar surface area (TPSA) is 0 Å². The fraction of sp³-hybridized carbons (Fsp3) is 0. The maximum absolute atomic E-state index is 3.48. The van der Waals surface area contributed by atoms with E-state index in [1.54, 1.807) is 0 Å². The number of hydrogen-bond donors (Lipinski definition) is 0. The van der Waals surface area contributed by atoms with Crippen molar-refractivity contribution in [2.45, 2.75) is 0 Å². The van der Waals surface area contributed by atoms with Crippen molar-refractivity contribution in [2.75, 3.05) is 0 Å². The Morgan fingerprint density at radius 2 is 2.33 bits per heavy atom. The van der Waals surface area contributed by atoms with E-state index in [1.807, 2.05) is 0 Å². The molecule has 0 saturated heterocycles. The van der Waals surface area contributed by atoms with E-state index in [0.717, 1.165) is 0 Å². The maximum Gasteiger partial charge on any atom is 0.175 e. The van der Waals surface area contributed by atoms with Crippen LogP contribution >= 0.6 is 14.2 Å². The molecule has 1 rings (SSSR count). The minimum atomic E-state index is 0.0787. The van der Waals surface area contributed by atoms with Crippen LogP contribution in [-0.4, -0.2) is 19.8 Å². The lowest BCUT2D eigenvalue weighted by Crippen LogP contribution is -1.55. The lowest BCUT2D eigenvalue weighted by Gasteiger charge is -1.98. The van der Waals surface area contributed by atoms with Gasteiger partial charge in [0.2, 0.25) is 0 Å². The third-order valence-electron chi connectivity index (χ3n) is 0.498. The Balaban J connectivity index is 2.77. The molecule has 1 aromatic rings. The van der Waals surface area contributed by atoms with E-state index in [9.17, 15) is 0 Å². The van der Waals surface area contributed by atoms with Gasteiger partial charge in [0.25, 0.3) is 0 Å². The smallest absolute Gasteiger partial charge is 0.149 e. The molecule has 0 saturated carbocycles. The summed E-state index contributed by atoms with van der Waals surface area (Å²) in [5.41, 5.74) is 4.58. The highest BCUT2D eigenvalue weighted by molar-refractivity contribution is 7.96. The standard InChI is InChI=1S/C2H2P2Si2/c5-3-1-4(6)2-3/h1-2H. The van der Waals surface area contributed by atoms with Crippen molar-refractivity contribution in [1.29, 1.82) is 0 Å². The first kappa shape index (κ1) is 4.92. The average molecular weight is 144 g/mol. The quantitative estimate of drug-likeness (QED) is 0.382. The number of hydrogen-bond acceptors (Lipinski definition) is 0. The fourth-order valence-corrected chi connectivity index (χ4v) is 8.88. The summed E-state index contributed by atoms with van der Waals surface area (Å²) in [5.74, 6) is 0. The molecule has 6 radical (unpaired) electrons. The highest BCUT2D eigenvalue weighted by Crippen LogP contribution is 2.41. The molecule has 0 atom stereocenters. The van der Waals surface area contributed by atoms with E-state index >= 15 is 0 Å². The van der Waals surface area contributed by atoms with Gasteiger partial charge >= 0.3 is 0 Å². The SMILES string of the molecule is [Si]p1c[p+]([Si])[cH-]1. The molecule has 0 unspecified atom stereocenters. The molecular weight excluding hydrogens is 142 g/mol. The molecule has 1 heterocycles. The van der Waals surface area contributed by atoms with Crippen molar-refractivity contribution in [2.24, 2.45) is 0 Å². The van der Waals surface area contributed by atoms with Gasteiger partial charge in [-0.15, -0.1) is 14.2 Å². The van der Waals surface area contributed by atoms with Crippen LogP contribution in [0.5, 0.6) is 0 Å². The van der Waals surface area contributed by atoms with Crippen molar-refractivity contribution >= 4 is 34.0 Å². The second-order valence-electron chi connectivity index (χ2n) is 1.05. The molecule has 0 amide bonds. The molecule has 6 heavy (non-hydrogen) atoms. The van der Waals surface area contributed by atoms with Crippen LogP contribution in [0.15, 0.2) is 11.1 Å². The van der Waals surface area contributed by atoms with Crippen LogP contribution < -0.4 is 0 Å². The van der Waals surface area contributed by atoms with E-state index in [4.69, 9.17) is 0 Å². The monoisotopic (exact) mass is 144 g/mol. The molecule has 4 heteroatoms. The minimum absolute atomic E-state index is 0.0787. The summed E-state index contributed by atoms with van der Waals surface area (Å²) in [7, 11) is 7.12. The zero-order chi connectivity index (χ0) is 4.57. The summed E-state index contributed by atoms with van der Waals surface area (Å²) in [6.07, 6.45) is 0. The Kier molecular flexibility index (Phi) is 1.40. The molecule has 0 aliphatic carbocycles. The van der Waals surface area contributed by atoms with Crippen molar-refractivity contribution in [3.05, 3.63) is 11.1 Å². The van der Waals surface area contributed by atoms with E-state index in [1.165, 1.54) is 0 Å². The first-order chi connectivity index (χ1) is 2.79. The molecule has 0 aliphatic rings. The summed E-state index contributed by atoms with van der Waals surface area (Å²) in [6.45, 7) is 0. The van der Waals surface area contributed by atoms with Gasteiger partial charge in [-0.3, -0.25) is 0 Å². The van der Waals surface area contributed by atoms with Crippen molar-refractivity contribution in [1.82, 2.24) is 0 Å². The average Bonchev–Trinajstić information content (AvgIpc) is 1.33. The van der Waals surface area contributed by atoms with Gasteiger partial charge in [-0.1, -0.05) is 0 Å². The molecule has 0 N–H and O–H groups in total. The lowest BCUT2D eigenvalue weighted by atomic mass is 11.9. The van der Waals surface area contributed by atoms with Crippen LogP contribution in [0.2, 0.25) is 0 Å². The van der Waals surface area contributed by atoms with E-state index in [-0.39, 0.29) is 14.2 Å². The molecule has 0 nitrogen and oxygen atoms in total. The Bertz CT molecular complexity index is 107. The zero-order valence-corrected chi connectivity index (χ0v) is 6.84. The predicted octanol–water partition coefficient (Wildman–Crippen LogP) is 1.52. The zero-order valence-electron chi connectivity index (χ0n) is 3.05. The second kappa shape index (κ2) is 1.71. The molecule has 0 spiro atoms. The lowest BCUT2D eigenvalue weighted by molar-refractivity contribution is 2.67. The van der Waals surface area contributed by atoms with Crippen LogP contribution in [0.25, 0.3) is 0 Å².